The molecule has 3 aromatic carbocycles. The number of carbonyl (C=O) groups is 2. The maximum atomic E-state index is 12.5. The van der Waals surface area contributed by atoms with Crippen LogP contribution in [0.3, 0.4) is 0 Å². The van der Waals surface area contributed by atoms with Crippen LogP contribution in [0.4, 0.5) is 0 Å². The fourth-order valence-electron chi connectivity index (χ4n) is 2.99. The van der Waals surface area contributed by atoms with Gasteiger partial charge in [-0.25, -0.2) is 4.79 Å². The molecule has 3 rings (SSSR count). The summed E-state index contributed by atoms with van der Waals surface area (Å²) in [5.41, 5.74) is 2.73. The van der Waals surface area contributed by atoms with Crippen LogP contribution in [0, 0.1) is 11.3 Å². The highest BCUT2D eigenvalue weighted by molar-refractivity contribution is 6.01. The van der Waals surface area contributed by atoms with Gasteiger partial charge >= 0.3 is 5.97 Å². The third-order valence-electron chi connectivity index (χ3n) is 4.81. The molecule has 0 heterocycles. The zero-order valence-electron chi connectivity index (χ0n) is 17.5. The summed E-state index contributed by atoms with van der Waals surface area (Å²) in [7, 11) is 0. The SMILES string of the molecule is C[C@H](NC(=O)/C(C#N)=C\c1ccc(OCc2ccc(C(=O)O)cc2)cc1)c1ccccc1. The molecular weight excluding hydrogens is 404 g/mol. The molecule has 6 nitrogen and oxygen atoms in total. The largest absolute Gasteiger partial charge is 0.489 e. The summed E-state index contributed by atoms with van der Waals surface area (Å²) < 4.78 is 5.72. The lowest BCUT2D eigenvalue weighted by Gasteiger charge is -2.13. The molecule has 0 saturated heterocycles. The Morgan fingerprint density at radius 1 is 1.03 bits per heavy atom. The van der Waals surface area contributed by atoms with Gasteiger partial charge in [-0.05, 0) is 54.0 Å². The van der Waals surface area contributed by atoms with Crippen molar-refractivity contribution in [3.63, 3.8) is 0 Å². The van der Waals surface area contributed by atoms with E-state index >= 15 is 0 Å². The summed E-state index contributed by atoms with van der Waals surface area (Å²) in [6.07, 6.45) is 1.53. The molecule has 6 heteroatoms. The number of carboxylic acid groups (broad SMARTS) is 1. The van der Waals surface area contributed by atoms with Crippen molar-refractivity contribution in [1.82, 2.24) is 5.32 Å². The van der Waals surface area contributed by atoms with Crippen molar-refractivity contribution in [1.29, 1.82) is 5.26 Å². The second kappa shape index (κ2) is 10.6. The van der Waals surface area contributed by atoms with Crippen molar-refractivity contribution in [2.75, 3.05) is 0 Å². The molecule has 0 saturated carbocycles. The van der Waals surface area contributed by atoms with Gasteiger partial charge in [-0.2, -0.15) is 5.26 Å². The number of hydrogen-bond acceptors (Lipinski definition) is 4. The Morgan fingerprint density at radius 2 is 1.69 bits per heavy atom. The number of amides is 1. The van der Waals surface area contributed by atoms with E-state index in [-0.39, 0.29) is 23.8 Å². The van der Waals surface area contributed by atoms with Gasteiger partial charge < -0.3 is 15.2 Å². The van der Waals surface area contributed by atoms with Crippen LogP contribution < -0.4 is 10.1 Å². The Labute approximate surface area is 186 Å². The first-order valence-corrected chi connectivity index (χ1v) is 9.99. The summed E-state index contributed by atoms with van der Waals surface area (Å²) >= 11 is 0. The van der Waals surface area contributed by atoms with Gasteiger partial charge in [0.05, 0.1) is 11.6 Å². The number of nitrogens with one attached hydrogen (secondary N) is 1. The Hall–Kier alpha value is -4.37. The van der Waals surface area contributed by atoms with Crippen LogP contribution in [0.5, 0.6) is 5.75 Å². The molecule has 1 amide bonds. The molecule has 0 aliphatic carbocycles. The van der Waals surface area contributed by atoms with Crippen LogP contribution in [0.1, 0.15) is 40.0 Å². The first-order valence-electron chi connectivity index (χ1n) is 9.99. The zero-order chi connectivity index (χ0) is 22.9. The molecule has 32 heavy (non-hydrogen) atoms. The first kappa shape index (κ1) is 22.3. The number of benzene rings is 3. The fourth-order valence-corrected chi connectivity index (χ4v) is 2.99. The number of ether oxygens (including phenoxy) is 1. The predicted molar refractivity (Wildman–Crippen MR) is 121 cm³/mol. The number of hydrogen-bond donors (Lipinski definition) is 2. The van der Waals surface area contributed by atoms with Gasteiger partial charge in [0.2, 0.25) is 0 Å². The number of carbonyl (C=O) groups excluding carboxylic acids is 1. The van der Waals surface area contributed by atoms with Crippen LogP contribution in [0.15, 0.2) is 84.4 Å². The summed E-state index contributed by atoms with van der Waals surface area (Å²) in [5.74, 6) is -0.792. The zero-order valence-corrected chi connectivity index (χ0v) is 17.5. The van der Waals surface area contributed by atoms with Gasteiger partial charge in [0.25, 0.3) is 5.91 Å². The molecule has 0 spiro atoms. The average molecular weight is 426 g/mol. The number of carboxylic acids is 1. The molecule has 0 aromatic heterocycles. The quantitative estimate of drug-likeness (QED) is 0.400. The van der Waals surface area contributed by atoms with E-state index in [0.29, 0.717) is 11.3 Å². The van der Waals surface area contributed by atoms with Crippen LogP contribution >= 0.6 is 0 Å². The topological polar surface area (TPSA) is 99.4 Å². The van der Waals surface area contributed by atoms with Crippen molar-refractivity contribution in [2.45, 2.75) is 19.6 Å². The summed E-state index contributed by atoms with van der Waals surface area (Å²) in [6.45, 7) is 2.15. The first-order chi connectivity index (χ1) is 15.5. The number of nitriles is 1. The van der Waals surface area contributed by atoms with E-state index in [9.17, 15) is 14.9 Å². The van der Waals surface area contributed by atoms with Crippen LogP contribution in [-0.4, -0.2) is 17.0 Å². The smallest absolute Gasteiger partial charge is 0.335 e. The average Bonchev–Trinajstić information content (AvgIpc) is 2.82. The third kappa shape index (κ3) is 6.07. The maximum absolute atomic E-state index is 12.5. The molecule has 0 unspecified atom stereocenters. The second-order valence-corrected chi connectivity index (χ2v) is 7.14. The summed E-state index contributed by atoms with van der Waals surface area (Å²) in [5, 5.41) is 21.2. The minimum atomic E-state index is -0.971. The Kier molecular flexibility index (Phi) is 7.39. The van der Waals surface area contributed by atoms with Crippen LogP contribution in [0.25, 0.3) is 6.08 Å². The highest BCUT2D eigenvalue weighted by atomic mass is 16.5. The Balaban J connectivity index is 1.60. The summed E-state index contributed by atoms with van der Waals surface area (Å²) in [4.78, 5) is 23.4. The Morgan fingerprint density at radius 3 is 2.28 bits per heavy atom. The molecule has 0 bridgehead atoms. The van der Waals surface area contributed by atoms with Gasteiger partial charge in [-0.1, -0.05) is 54.6 Å². The van der Waals surface area contributed by atoms with Gasteiger partial charge in [-0.15, -0.1) is 0 Å². The van der Waals surface area contributed by atoms with E-state index in [1.165, 1.54) is 18.2 Å². The highest BCUT2D eigenvalue weighted by Crippen LogP contribution is 2.17. The van der Waals surface area contributed by atoms with Crippen molar-refractivity contribution in [3.05, 3.63) is 107 Å². The van der Waals surface area contributed by atoms with Crippen molar-refractivity contribution in [2.24, 2.45) is 0 Å². The van der Waals surface area contributed by atoms with Gasteiger partial charge in [-0.3, -0.25) is 4.79 Å². The third-order valence-corrected chi connectivity index (χ3v) is 4.81. The molecule has 3 aromatic rings. The van der Waals surface area contributed by atoms with E-state index in [1.54, 1.807) is 36.4 Å². The highest BCUT2D eigenvalue weighted by Gasteiger charge is 2.13. The lowest BCUT2D eigenvalue weighted by Crippen LogP contribution is -2.27. The number of nitrogens with zero attached hydrogens (tertiary/aromatic N) is 1. The lowest BCUT2D eigenvalue weighted by atomic mass is 10.1. The molecule has 0 aliphatic heterocycles. The minimum absolute atomic E-state index is 0.0139. The van der Waals surface area contributed by atoms with E-state index < -0.39 is 11.9 Å². The number of aromatic carboxylic acids is 1. The van der Waals surface area contributed by atoms with E-state index in [0.717, 1.165) is 11.1 Å². The van der Waals surface area contributed by atoms with Crippen molar-refractivity contribution >= 4 is 18.0 Å². The van der Waals surface area contributed by atoms with Gasteiger partial charge in [0.15, 0.2) is 0 Å². The fraction of sp³-hybridized carbons (Fsp3) is 0.115. The van der Waals surface area contributed by atoms with Gasteiger partial charge in [0.1, 0.15) is 24.0 Å². The second-order valence-electron chi connectivity index (χ2n) is 7.14. The van der Waals surface area contributed by atoms with E-state index in [4.69, 9.17) is 9.84 Å². The van der Waals surface area contributed by atoms with Gasteiger partial charge in [0, 0.05) is 0 Å². The molecule has 160 valence electrons. The molecule has 0 fully saturated rings. The summed E-state index contributed by atoms with van der Waals surface area (Å²) in [6, 6.07) is 24.7. The van der Waals surface area contributed by atoms with Crippen LogP contribution in [0.2, 0.25) is 0 Å². The lowest BCUT2D eigenvalue weighted by molar-refractivity contribution is -0.117. The molecule has 0 aliphatic rings. The molecule has 2 N–H and O–H groups in total. The standard InChI is InChI=1S/C26H22N2O4/c1-18(21-5-3-2-4-6-21)28-25(29)23(16-27)15-19-9-13-24(14-10-19)32-17-20-7-11-22(12-8-20)26(30)31/h2-15,18H,17H2,1H3,(H,28,29)(H,30,31)/b23-15-/t18-/m0/s1. The van der Waals surface area contributed by atoms with E-state index in [2.05, 4.69) is 5.32 Å². The minimum Gasteiger partial charge on any atom is -0.489 e. The molecule has 0 radical (unpaired) electrons. The maximum Gasteiger partial charge on any atom is 0.335 e. The monoisotopic (exact) mass is 426 g/mol. The van der Waals surface area contributed by atoms with Crippen molar-refractivity contribution < 1.29 is 19.4 Å². The normalized spacial score (nSPS) is 11.8. The Bertz CT molecular complexity index is 1150. The predicted octanol–water partition coefficient (Wildman–Crippen LogP) is 4.75. The number of rotatable bonds is 8. The molecular formula is C26H22N2O4. The van der Waals surface area contributed by atoms with Crippen LogP contribution in [-0.2, 0) is 11.4 Å². The van der Waals surface area contributed by atoms with E-state index in [1.807, 2.05) is 43.3 Å². The molecule has 1 atom stereocenters. The van der Waals surface area contributed by atoms with Crippen molar-refractivity contribution in [3.8, 4) is 11.8 Å².